The summed E-state index contributed by atoms with van der Waals surface area (Å²) in [5, 5.41) is 4.44. The van der Waals surface area contributed by atoms with Crippen LogP contribution in [0.2, 0.25) is 0 Å². The van der Waals surface area contributed by atoms with Gasteiger partial charge in [0.1, 0.15) is 0 Å². The van der Waals surface area contributed by atoms with Crippen molar-refractivity contribution in [3.05, 3.63) is 58.0 Å². The van der Waals surface area contributed by atoms with Crippen LogP contribution in [0.3, 0.4) is 0 Å². The zero-order valence-electron chi connectivity index (χ0n) is 19.8. The van der Waals surface area contributed by atoms with E-state index in [1.54, 1.807) is 29.6 Å². The van der Waals surface area contributed by atoms with Gasteiger partial charge < -0.3 is 4.74 Å². The summed E-state index contributed by atoms with van der Waals surface area (Å²) in [6.45, 7) is 7.37. The molecule has 0 saturated heterocycles. The summed E-state index contributed by atoms with van der Waals surface area (Å²) in [7, 11) is -3.34. The second-order valence-corrected chi connectivity index (χ2v) is 10.6. The minimum absolute atomic E-state index is 0.0215. The van der Waals surface area contributed by atoms with E-state index in [2.05, 4.69) is 10.1 Å². The quantitative estimate of drug-likeness (QED) is 0.357. The minimum atomic E-state index is -3.34. The Hall–Kier alpha value is -3.27. The lowest BCUT2D eigenvalue weighted by molar-refractivity contribution is -0.142. The van der Waals surface area contributed by atoms with Crippen LogP contribution < -0.4 is 4.31 Å². The molecule has 0 saturated carbocycles. The normalized spacial score (nSPS) is 13.4. The van der Waals surface area contributed by atoms with E-state index in [0.717, 1.165) is 33.9 Å². The Morgan fingerprint density at radius 1 is 1.15 bits per heavy atom. The van der Waals surface area contributed by atoms with Crippen LogP contribution in [0.25, 0.3) is 5.65 Å². The number of esters is 1. The number of carbonyl (C=O) groups is 2. The van der Waals surface area contributed by atoms with Gasteiger partial charge in [0.05, 0.1) is 17.1 Å². The average Bonchev–Trinajstić information content (AvgIpc) is 3.40. The number of carbonyl (C=O) groups excluding carboxylic acids is 2. The van der Waals surface area contributed by atoms with Crippen LogP contribution in [0.15, 0.2) is 24.3 Å². The largest absolute Gasteiger partial charge is 0.457 e. The number of ketones is 1. The first-order valence-corrected chi connectivity index (χ1v) is 12.9. The van der Waals surface area contributed by atoms with E-state index in [0.29, 0.717) is 30.6 Å². The van der Waals surface area contributed by atoms with Gasteiger partial charge in [0.15, 0.2) is 18.0 Å². The van der Waals surface area contributed by atoms with Crippen molar-refractivity contribution >= 4 is 33.1 Å². The van der Waals surface area contributed by atoms with Gasteiger partial charge in [-0.1, -0.05) is 0 Å². The number of anilines is 1. The van der Waals surface area contributed by atoms with Gasteiger partial charge in [0.2, 0.25) is 10.0 Å². The predicted molar refractivity (Wildman–Crippen MR) is 128 cm³/mol. The second kappa shape index (κ2) is 9.17. The molecule has 0 N–H and O–H groups in total. The number of Topliss-reactive ketones (excluding diaryl/α,β-unsaturated/α-hetero) is 1. The first kappa shape index (κ1) is 23.9. The molecule has 34 heavy (non-hydrogen) atoms. The fraction of sp³-hybridized carbons (Fsp3) is 0.417. The van der Waals surface area contributed by atoms with Gasteiger partial charge in [-0.25, -0.2) is 17.9 Å². The highest BCUT2D eigenvalue weighted by molar-refractivity contribution is 7.92. The molecule has 9 nitrogen and oxygen atoms in total. The van der Waals surface area contributed by atoms with E-state index < -0.39 is 16.0 Å². The van der Waals surface area contributed by atoms with Crippen molar-refractivity contribution in [2.45, 2.75) is 47.0 Å². The van der Waals surface area contributed by atoms with E-state index in [9.17, 15) is 18.0 Å². The van der Waals surface area contributed by atoms with E-state index in [1.807, 2.05) is 26.8 Å². The highest BCUT2D eigenvalue weighted by atomic mass is 32.2. The number of rotatable bonds is 8. The fourth-order valence-corrected chi connectivity index (χ4v) is 5.48. The zero-order valence-corrected chi connectivity index (χ0v) is 20.6. The maximum atomic E-state index is 12.6. The van der Waals surface area contributed by atoms with Gasteiger partial charge in [-0.05, 0) is 69.9 Å². The fourth-order valence-electron chi connectivity index (χ4n) is 4.32. The lowest BCUT2D eigenvalue weighted by atomic mass is 10.1. The predicted octanol–water partition coefficient (Wildman–Crippen LogP) is 2.73. The molecule has 10 heteroatoms. The molecule has 1 aliphatic heterocycles. The van der Waals surface area contributed by atoms with Crippen LogP contribution in [-0.4, -0.2) is 53.7 Å². The molecule has 0 radical (unpaired) electrons. The van der Waals surface area contributed by atoms with Gasteiger partial charge in [0, 0.05) is 36.0 Å². The highest BCUT2D eigenvalue weighted by Crippen LogP contribution is 2.31. The van der Waals surface area contributed by atoms with E-state index in [-0.39, 0.29) is 24.6 Å². The Kier molecular flexibility index (Phi) is 6.44. The van der Waals surface area contributed by atoms with Crippen molar-refractivity contribution in [1.29, 1.82) is 0 Å². The Labute approximate surface area is 198 Å². The molecular formula is C24H28N4O5S. The maximum absolute atomic E-state index is 12.6. The summed E-state index contributed by atoms with van der Waals surface area (Å²) < 4.78 is 32.8. The van der Waals surface area contributed by atoms with Crippen LogP contribution in [0.1, 0.15) is 51.9 Å². The summed E-state index contributed by atoms with van der Waals surface area (Å²) >= 11 is 0. The number of ether oxygens (including phenoxy) is 1. The summed E-state index contributed by atoms with van der Waals surface area (Å²) in [4.78, 5) is 29.5. The standard InChI is InChI=1S/C24H28N4O5S/c1-5-34(31,32)27-11-10-18-13-19(6-8-21(18)27)22(29)14-33-24(30)9-7-20-16(3)25-23-12-15(2)26-28(23)17(20)4/h6,8,12-13H,5,7,9-11,14H2,1-4H3. The van der Waals surface area contributed by atoms with Gasteiger partial charge in [-0.2, -0.15) is 5.10 Å². The lowest BCUT2D eigenvalue weighted by Crippen LogP contribution is -2.30. The molecular weight excluding hydrogens is 456 g/mol. The molecule has 0 atom stereocenters. The number of aromatic nitrogens is 3. The van der Waals surface area contributed by atoms with Gasteiger partial charge >= 0.3 is 5.97 Å². The van der Waals surface area contributed by atoms with Crippen LogP contribution >= 0.6 is 0 Å². The van der Waals surface area contributed by atoms with E-state index >= 15 is 0 Å². The Morgan fingerprint density at radius 2 is 1.91 bits per heavy atom. The molecule has 0 unspecified atom stereocenters. The number of sulfonamides is 1. The number of benzene rings is 1. The van der Waals surface area contributed by atoms with E-state index in [4.69, 9.17) is 4.74 Å². The van der Waals surface area contributed by atoms with Crippen LogP contribution in [-0.2, 0) is 32.4 Å². The van der Waals surface area contributed by atoms with Crippen molar-refractivity contribution in [3.63, 3.8) is 0 Å². The molecule has 1 aliphatic rings. The van der Waals surface area contributed by atoms with Gasteiger partial charge in [-0.3, -0.25) is 13.9 Å². The maximum Gasteiger partial charge on any atom is 0.306 e. The molecule has 180 valence electrons. The molecule has 4 rings (SSSR count). The molecule has 3 heterocycles. The van der Waals surface area contributed by atoms with E-state index in [1.165, 1.54) is 4.31 Å². The van der Waals surface area contributed by atoms with Crippen molar-refractivity contribution < 1.29 is 22.7 Å². The third kappa shape index (κ3) is 4.54. The van der Waals surface area contributed by atoms with Crippen molar-refractivity contribution in [1.82, 2.24) is 14.6 Å². The number of fused-ring (bicyclic) bond motifs is 2. The number of hydrogen-bond acceptors (Lipinski definition) is 7. The average molecular weight is 485 g/mol. The van der Waals surface area contributed by atoms with Gasteiger partial charge in [-0.15, -0.1) is 0 Å². The molecule has 0 amide bonds. The van der Waals surface area contributed by atoms with Crippen molar-refractivity contribution in [2.75, 3.05) is 23.2 Å². The number of hydrogen-bond donors (Lipinski definition) is 0. The smallest absolute Gasteiger partial charge is 0.306 e. The Bertz CT molecular complexity index is 1390. The third-order valence-electron chi connectivity index (χ3n) is 6.18. The van der Waals surface area contributed by atoms with Crippen molar-refractivity contribution in [3.8, 4) is 0 Å². The zero-order chi connectivity index (χ0) is 24.6. The molecule has 0 fully saturated rings. The highest BCUT2D eigenvalue weighted by Gasteiger charge is 2.28. The first-order chi connectivity index (χ1) is 16.1. The molecule has 0 spiro atoms. The summed E-state index contributed by atoms with van der Waals surface area (Å²) in [6, 6.07) is 6.83. The summed E-state index contributed by atoms with van der Waals surface area (Å²) in [5.74, 6) is -0.770. The molecule has 3 aromatic rings. The number of nitrogens with zero attached hydrogens (tertiary/aromatic N) is 4. The van der Waals surface area contributed by atoms with Crippen LogP contribution in [0.4, 0.5) is 5.69 Å². The monoisotopic (exact) mass is 484 g/mol. The van der Waals surface area contributed by atoms with Crippen molar-refractivity contribution in [2.24, 2.45) is 0 Å². The molecule has 1 aromatic carbocycles. The second-order valence-electron chi connectivity index (χ2n) is 8.47. The third-order valence-corrected chi connectivity index (χ3v) is 7.96. The molecule has 0 aliphatic carbocycles. The Morgan fingerprint density at radius 3 is 2.65 bits per heavy atom. The SMILES string of the molecule is CCS(=O)(=O)N1CCc2cc(C(=O)COC(=O)CCc3c(C)nc4cc(C)nn4c3C)ccc21. The number of aryl methyl sites for hydroxylation is 3. The van der Waals surface area contributed by atoms with Gasteiger partial charge in [0.25, 0.3) is 0 Å². The minimum Gasteiger partial charge on any atom is -0.457 e. The Balaban J connectivity index is 1.36. The molecule has 0 bridgehead atoms. The van der Waals surface area contributed by atoms with Crippen LogP contribution in [0, 0.1) is 20.8 Å². The van der Waals surface area contributed by atoms with Crippen LogP contribution in [0.5, 0.6) is 0 Å². The topological polar surface area (TPSA) is 111 Å². The summed E-state index contributed by atoms with van der Waals surface area (Å²) in [6.07, 6.45) is 1.10. The molecule has 2 aromatic heterocycles. The first-order valence-electron chi connectivity index (χ1n) is 11.3. The lowest BCUT2D eigenvalue weighted by Gasteiger charge is -2.18. The summed E-state index contributed by atoms with van der Waals surface area (Å²) in [5.41, 5.74) is 6.16.